The van der Waals surface area contributed by atoms with E-state index in [0.29, 0.717) is 25.7 Å². The van der Waals surface area contributed by atoms with E-state index in [0.717, 1.165) is 31.9 Å². The highest BCUT2D eigenvalue weighted by Gasteiger charge is 2.28. The van der Waals surface area contributed by atoms with Crippen molar-refractivity contribution in [2.75, 3.05) is 33.2 Å². The molecule has 3 N–H and O–H groups in total. The van der Waals surface area contributed by atoms with Gasteiger partial charge in [-0.1, -0.05) is 30.3 Å². The van der Waals surface area contributed by atoms with E-state index in [2.05, 4.69) is 71.0 Å². The van der Waals surface area contributed by atoms with Gasteiger partial charge in [0.25, 0.3) is 0 Å². The van der Waals surface area contributed by atoms with Crippen molar-refractivity contribution in [3.8, 4) is 0 Å². The molecular weight excluding hydrogens is 326 g/mol. The van der Waals surface area contributed by atoms with E-state index in [1.54, 1.807) is 0 Å². The van der Waals surface area contributed by atoms with Crippen LogP contribution in [0.2, 0.25) is 0 Å². The molecule has 1 unspecified atom stereocenters. The summed E-state index contributed by atoms with van der Waals surface area (Å²) in [4.78, 5) is 18.6. The number of aliphatic imine (C=N–C) groups is 1. The number of guanidine groups is 1. The smallest absolute Gasteiger partial charge is 0.223 e. The predicted octanol–water partition coefficient (Wildman–Crippen LogP) is 1.59. The van der Waals surface area contributed by atoms with Crippen molar-refractivity contribution in [3.05, 3.63) is 35.9 Å². The van der Waals surface area contributed by atoms with Crippen molar-refractivity contribution in [1.82, 2.24) is 20.9 Å². The van der Waals surface area contributed by atoms with Crippen LogP contribution in [0, 0.1) is 5.92 Å². The van der Waals surface area contributed by atoms with Gasteiger partial charge in [-0.05, 0) is 39.3 Å². The zero-order chi connectivity index (χ0) is 18.8. The molecule has 1 amide bonds. The molecule has 144 valence electrons. The molecule has 0 radical (unpaired) electrons. The highest BCUT2D eigenvalue weighted by atomic mass is 16.2. The van der Waals surface area contributed by atoms with Crippen LogP contribution in [-0.2, 0) is 11.3 Å². The molecule has 0 spiro atoms. The minimum absolute atomic E-state index is 0.185. The zero-order valence-electron chi connectivity index (χ0n) is 16.3. The number of likely N-dealkylation sites (N-methyl/N-ethyl adjacent to an activating group) is 1. The van der Waals surface area contributed by atoms with Crippen molar-refractivity contribution >= 4 is 11.9 Å². The maximum absolute atomic E-state index is 11.6. The molecule has 1 saturated carbocycles. The van der Waals surface area contributed by atoms with Crippen LogP contribution in [0.1, 0.15) is 32.3 Å². The first-order chi connectivity index (χ1) is 12.6. The molecule has 0 aliphatic heterocycles. The predicted molar refractivity (Wildman–Crippen MR) is 107 cm³/mol. The van der Waals surface area contributed by atoms with Gasteiger partial charge < -0.3 is 16.0 Å². The van der Waals surface area contributed by atoms with E-state index in [4.69, 9.17) is 0 Å². The first kappa shape index (κ1) is 20.2. The minimum Gasteiger partial charge on any atom is -0.357 e. The second kappa shape index (κ2) is 10.8. The quantitative estimate of drug-likeness (QED) is 0.337. The van der Waals surface area contributed by atoms with Gasteiger partial charge in [0.15, 0.2) is 5.96 Å². The second-order valence-corrected chi connectivity index (χ2v) is 6.96. The summed E-state index contributed by atoms with van der Waals surface area (Å²) < 4.78 is 0. The van der Waals surface area contributed by atoms with Crippen molar-refractivity contribution in [3.63, 3.8) is 0 Å². The number of amides is 1. The van der Waals surface area contributed by atoms with E-state index in [-0.39, 0.29) is 11.8 Å². The fourth-order valence-corrected chi connectivity index (χ4v) is 2.59. The van der Waals surface area contributed by atoms with E-state index in [9.17, 15) is 4.79 Å². The number of hydrogen-bond donors (Lipinski definition) is 3. The highest BCUT2D eigenvalue weighted by Crippen LogP contribution is 2.28. The number of rotatable bonds is 10. The molecule has 0 saturated heterocycles. The lowest BCUT2D eigenvalue weighted by Gasteiger charge is -2.24. The number of carbonyl (C=O) groups excluding carboxylic acids is 1. The molecular formula is C20H33N5O. The van der Waals surface area contributed by atoms with Gasteiger partial charge in [-0.25, -0.2) is 0 Å². The van der Waals surface area contributed by atoms with Gasteiger partial charge in [0.1, 0.15) is 0 Å². The summed E-state index contributed by atoms with van der Waals surface area (Å²) in [6, 6.07) is 10.8. The van der Waals surface area contributed by atoms with Gasteiger partial charge in [0.2, 0.25) is 5.91 Å². The largest absolute Gasteiger partial charge is 0.357 e. The molecule has 26 heavy (non-hydrogen) atoms. The average Bonchev–Trinajstić information content (AvgIpc) is 3.48. The number of hydrogen-bond acceptors (Lipinski definition) is 3. The molecule has 6 heteroatoms. The van der Waals surface area contributed by atoms with Crippen LogP contribution >= 0.6 is 0 Å². The van der Waals surface area contributed by atoms with Crippen LogP contribution in [0.4, 0.5) is 0 Å². The van der Waals surface area contributed by atoms with E-state index in [1.807, 2.05) is 6.07 Å². The SMILES string of the molecule is CCNC(=NCC(C)N(C)Cc1ccccc1)NCCNC(=O)C1CC1. The van der Waals surface area contributed by atoms with Crippen molar-refractivity contribution in [2.45, 2.75) is 39.3 Å². The van der Waals surface area contributed by atoms with E-state index < -0.39 is 0 Å². The standard InChI is InChI=1S/C20H33N5O/c1-4-21-20(23-13-12-22-19(26)18-10-11-18)24-14-16(2)25(3)15-17-8-6-5-7-9-17/h5-9,16,18H,4,10-15H2,1-3H3,(H,22,26)(H2,21,23,24). The summed E-state index contributed by atoms with van der Waals surface area (Å²) in [7, 11) is 2.13. The Bertz CT molecular complexity index is 571. The Kier molecular flexibility index (Phi) is 8.41. The van der Waals surface area contributed by atoms with Crippen LogP contribution in [0.3, 0.4) is 0 Å². The Hall–Kier alpha value is -2.08. The Morgan fingerprint density at radius 2 is 1.88 bits per heavy atom. The van der Waals surface area contributed by atoms with Crippen LogP contribution in [0.15, 0.2) is 35.3 Å². The van der Waals surface area contributed by atoms with E-state index >= 15 is 0 Å². The molecule has 1 aliphatic rings. The van der Waals surface area contributed by atoms with Crippen molar-refractivity contribution < 1.29 is 4.79 Å². The second-order valence-electron chi connectivity index (χ2n) is 6.96. The Labute approximate surface area is 157 Å². The third kappa shape index (κ3) is 7.44. The number of carbonyl (C=O) groups is 1. The third-order valence-electron chi connectivity index (χ3n) is 4.55. The monoisotopic (exact) mass is 359 g/mol. The molecule has 1 fully saturated rings. The first-order valence-corrected chi connectivity index (χ1v) is 9.64. The summed E-state index contributed by atoms with van der Waals surface area (Å²) in [5, 5.41) is 9.50. The third-order valence-corrected chi connectivity index (χ3v) is 4.55. The van der Waals surface area contributed by atoms with Gasteiger partial charge in [-0.2, -0.15) is 0 Å². The summed E-state index contributed by atoms with van der Waals surface area (Å²) in [5.41, 5.74) is 1.31. The average molecular weight is 360 g/mol. The van der Waals surface area contributed by atoms with Gasteiger partial charge in [0.05, 0.1) is 6.54 Å². The number of benzene rings is 1. The molecule has 0 bridgehead atoms. The minimum atomic E-state index is 0.185. The molecule has 0 aromatic heterocycles. The van der Waals surface area contributed by atoms with Crippen LogP contribution in [-0.4, -0.2) is 56.0 Å². The van der Waals surface area contributed by atoms with Gasteiger partial charge in [-0.3, -0.25) is 14.7 Å². The van der Waals surface area contributed by atoms with Crippen LogP contribution in [0.25, 0.3) is 0 Å². The molecule has 1 aromatic carbocycles. The number of nitrogens with one attached hydrogen (secondary N) is 3. The molecule has 1 aliphatic carbocycles. The molecule has 1 aromatic rings. The van der Waals surface area contributed by atoms with Gasteiger partial charge in [-0.15, -0.1) is 0 Å². The van der Waals surface area contributed by atoms with Gasteiger partial charge in [0, 0.05) is 38.1 Å². The van der Waals surface area contributed by atoms with Gasteiger partial charge >= 0.3 is 0 Å². The Morgan fingerprint density at radius 3 is 2.54 bits per heavy atom. The molecule has 6 nitrogen and oxygen atoms in total. The fraction of sp³-hybridized carbons (Fsp3) is 0.600. The molecule has 0 heterocycles. The number of nitrogens with zero attached hydrogens (tertiary/aromatic N) is 2. The van der Waals surface area contributed by atoms with E-state index in [1.165, 1.54) is 5.56 Å². The maximum Gasteiger partial charge on any atom is 0.223 e. The lowest BCUT2D eigenvalue weighted by Crippen LogP contribution is -2.42. The summed E-state index contributed by atoms with van der Waals surface area (Å²) in [6.45, 7) is 7.99. The molecule has 2 rings (SSSR count). The summed E-state index contributed by atoms with van der Waals surface area (Å²) >= 11 is 0. The van der Waals surface area contributed by atoms with Crippen LogP contribution in [0.5, 0.6) is 0 Å². The van der Waals surface area contributed by atoms with Crippen molar-refractivity contribution in [2.24, 2.45) is 10.9 Å². The highest BCUT2D eigenvalue weighted by molar-refractivity contribution is 5.81. The Morgan fingerprint density at radius 1 is 1.19 bits per heavy atom. The van der Waals surface area contributed by atoms with Crippen molar-refractivity contribution in [1.29, 1.82) is 0 Å². The lowest BCUT2D eigenvalue weighted by molar-refractivity contribution is -0.122. The fourth-order valence-electron chi connectivity index (χ4n) is 2.59. The normalized spacial score (nSPS) is 15.6. The summed E-state index contributed by atoms with van der Waals surface area (Å²) in [5.74, 6) is 1.25. The lowest BCUT2D eigenvalue weighted by atomic mass is 10.2. The topological polar surface area (TPSA) is 68.8 Å². The first-order valence-electron chi connectivity index (χ1n) is 9.64. The molecule has 1 atom stereocenters. The van der Waals surface area contributed by atoms with Crippen LogP contribution < -0.4 is 16.0 Å². The zero-order valence-corrected chi connectivity index (χ0v) is 16.3. The summed E-state index contributed by atoms with van der Waals surface area (Å²) in [6.07, 6.45) is 2.08. The maximum atomic E-state index is 11.6. The Balaban J connectivity index is 1.72.